The Balaban J connectivity index is 2.75. The lowest BCUT2D eigenvalue weighted by Crippen LogP contribution is -2.36. The number of nitrogens with one attached hydrogen (secondary N) is 1. The van der Waals surface area contributed by atoms with E-state index in [2.05, 4.69) is 5.32 Å². The van der Waals surface area contributed by atoms with Gasteiger partial charge in [-0.1, -0.05) is 31.3 Å². The molecular weight excluding hydrogens is 277 g/mol. The molecule has 0 saturated heterocycles. The first-order chi connectivity index (χ1) is 9.47. The van der Waals surface area contributed by atoms with Gasteiger partial charge in [0.1, 0.15) is 10.8 Å². The minimum Gasteiger partial charge on any atom is -0.389 e. The molecule has 1 rings (SSSR count). The second kappa shape index (κ2) is 7.91. The Labute approximate surface area is 124 Å². The molecule has 0 unspecified atom stereocenters. The Bertz CT molecular complexity index is 493. The highest BCUT2D eigenvalue weighted by Gasteiger charge is 2.12. The van der Waals surface area contributed by atoms with Gasteiger partial charge in [-0.3, -0.25) is 9.69 Å². The Hall–Kier alpha value is -1.53. The Morgan fingerprint density at radius 1 is 1.45 bits per heavy atom. The van der Waals surface area contributed by atoms with E-state index in [0.29, 0.717) is 30.8 Å². The number of carbonyl (C=O) groups excluding carboxylic acids is 1. The number of nitrogens with two attached hydrogens (primary N) is 1. The number of amides is 1. The molecule has 3 N–H and O–H groups in total. The van der Waals surface area contributed by atoms with Crippen LogP contribution < -0.4 is 11.1 Å². The van der Waals surface area contributed by atoms with Crippen LogP contribution in [0.3, 0.4) is 0 Å². The molecule has 110 valence electrons. The number of halogens is 1. The number of hydrogen-bond donors (Lipinski definition) is 2. The van der Waals surface area contributed by atoms with Gasteiger partial charge in [-0.2, -0.15) is 0 Å². The molecule has 0 aliphatic rings. The molecular formula is C14H20FN3OS. The molecule has 0 radical (unpaired) electrons. The summed E-state index contributed by atoms with van der Waals surface area (Å²) in [5.41, 5.74) is 6.49. The lowest BCUT2D eigenvalue weighted by molar-refractivity contribution is -0.122. The molecule has 4 nitrogen and oxygen atoms in total. The highest BCUT2D eigenvalue weighted by Crippen LogP contribution is 2.13. The molecule has 0 atom stereocenters. The minimum absolute atomic E-state index is 0.0606. The first kappa shape index (κ1) is 16.5. The van der Waals surface area contributed by atoms with E-state index in [1.165, 1.54) is 6.07 Å². The SMILES string of the molecule is CCNC(=O)CN(CC)Cc1ccc(C(N)=S)cc1F. The fraction of sp³-hybridized carbons (Fsp3) is 0.429. The van der Waals surface area contributed by atoms with Gasteiger partial charge >= 0.3 is 0 Å². The number of rotatable bonds is 7. The van der Waals surface area contributed by atoms with Gasteiger partial charge in [-0.15, -0.1) is 0 Å². The maximum atomic E-state index is 14.0. The summed E-state index contributed by atoms with van der Waals surface area (Å²) in [5.74, 6) is -0.417. The molecule has 6 heteroatoms. The summed E-state index contributed by atoms with van der Waals surface area (Å²) < 4.78 is 14.0. The van der Waals surface area contributed by atoms with Crippen LogP contribution in [0.5, 0.6) is 0 Å². The maximum Gasteiger partial charge on any atom is 0.234 e. The molecule has 0 aliphatic carbocycles. The fourth-order valence-corrected chi connectivity index (χ4v) is 1.93. The summed E-state index contributed by atoms with van der Waals surface area (Å²) >= 11 is 4.81. The van der Waals surface area contributed by atoms with Crippen molar-refractivity contribution in [1.82, 2.24) is 10.2 Å². The smallest absolute Gasteiger partial charge is 0.234 e. The average molecular weight is 297 g/mol. The third-order valence-electron chi connectivity index (χ3n) is 2.92. The molecule has 0 spiro atoms. The lowest BCUT2D eigenvalue weighted by Gasteiger charge is -2.20. The van der Waals surface area contributed by atoms with Crippen molar-refractivity contribution < 1.29 is 9.18 Å². The molecule has 0 saturated carbocycles. The standard InChI is InChI=1S/C14H20FN3OS/c1-3-17-13(19)9-18(4-2)8-11-6-5-10(14(16)20)7-12(11)15/h5-7H,3-4,8-9H2,1-2H3,(H2,16,20)(H,17,19). The first-order valence-corrected chi connectivity index (χ1v) is 6.96. The van der Waals surface area contributed by atoms with Gasteiger partial charge in [0.2, 0.25) is 5.91 Å². The average Bonchev–Trinajstić information content (AvgIpc) is 2.40. The van der Waals surface area contributed by atoms with Gasteiger partial charge in [-0.05, 0) is 19.5 Å². The normalized spacial score (nSPS) is 10.6. The summed E-state index contributed by atoms with van der Waals surface area (Å²) in [5, 5.41) is 2.73. The van der Waals surface area contributed by atoms with Crippen LogP contribution in [0.15, 0.2) is 18.2 Å². The number of hydrogen-bond acceptors (Lipinski definition) is 3. The van der Waals surface area contributed by atoms with E-state index in [-0.39, 0.29) is 23.3 Å². The third kappa shape index (κ3) is 4.86. The van der Waals surface area contributed by atoms with E-state index in [1.54, 1.807) is 12.1 Å². The van der Waals surface area contributed by atoms with Crippen molar-refractivity contribution in [3.63, 3.8) is 0 Å². The van der Waals surface area contributed by atoms with Crippen molar-refractivity contribution >= 4 is 23.1 Å². The van der Waals surface area contributed by atoms with E-state index in [1.807, 2.05) is 18.7 Å². The quantitative estimate of drug-likeness (QED) is 0.747. The molecule has 1 aromatic carbocycles. The topological polar surface area (TPSA) is 58.4 Å². The second-order valence-electron chi connectivity index (χ2n) is 4.43. The van der Waals surface area contributed by atoms with Gasteiger partial charge in [0, 0.05) is 24.2 Å². The van der Waals surface area contributed by atoms with Crippen LogP contribution in [-0.4, -0.2) is 35.4 Å². The van der Waals surface area contributed by atoms with Crippen LogP contribution in [0, 0.1) is 5.82 Å². The molecule has 0 heterocycles. The molecule has 1 aromatic rings. The van der Waals surface area contributed by atoms with Gasteiger partial charge in [0.05, 0.1) is 6.54 Å². The van der Waals surface area contributed by atoms with E-state index >= 15 is 0 Å². The fourth-order valence-electron chi connectivity index (χ4n) is 1.81. The zero-order valence-corrected chi connectivity index (χ0v) is 12.6. The van der Waals surface area contributed by atoms with Crippen molar-refractivity contribution in [3.8, 4) is 0 Å². The maximum absolute atomic E-state index is 14.0. The zero-order chi connectivity index (χ0) is 15.1. The number of benzene rings is 1. The summed E-state index contributed by atoms with van der Waals surface area (Å²) in [4.78, 5) is 13.6. The van der Waals surface area contributed by atoms with Crippen LogP contribution in [-0.2, 0) is 11.3 Å². The predicted octanol–water partition coefficient (Wildman–Crippen LogP) is 1.42. The van der Waals surface area contributed by atoms with E-state index in [4.69, 9.17) is 18.0 Å². The highest BCUT2D eigenvalue weighted by molar-refractivity contribution is 7.80. The molecule has 20 heavy (non-hydrogen) atoms. The second-order valence-corrected chi connectivity index (χ2v) is 4.87. The van der Waals surface area contributed by atoms with Crippen molar-refractivity contribution in [3.05, 3.63) is 35.1 Å². The van der Waals surface area contributed by atoms with E-state index in [9.17, 15) is 9.18 Å². The molecule has 1 amide bonds. The lowest BCUT2D eigenvalue weighted by atomic mass is 10.1. The zero-order valence-electron chi connectivity index (χ0n) is 11.8. The summed E-state index contributed by atoms with van der Waals surface area (Å²) in [6.45, 7) is 5.67. The van der Waals surface area contributed by atoms with Crippen LogP contribution >= 0.6 is 12.2 Å². The van der Waals surface area contributed by atoms with Crippen LogP contribution in [0.2, 0.25) is 0 Å². The Kier molecular flexibility index (Phi) is 6.54. The third-order valence-corrected chi connectivity index (χ3v) is 3.16. The molecule has 0 aliphatic heterocycles. The van der Waals surface area contributed by atoms with Crippen LogP contribution in [0.25, 0.3) is 0 Å². The predicted molar refractivity (Wildman–Crippen MR) is 81.9 cm³/mol. The van der Waals surface area contributed by atoms with E-state index in [0.717, 1.165) is 0 Å². The largest absolute Gasteiger partial charge is 0.389 e. The monoisotopic (exact) mass is 297 g/mol. The van der Waals surface area contributed by atoms with Gasteiger partial charge in [-0.25, -0.2) is 4.39 Å². The highest BCUT2D eigenvalue weighted by atomic mass is 32.1. The van der Waals surface area contributed by atoms with Crippen LogP contribution in [0.4, 0.5) is 4.39 Å². The Morgan fingerprint density at radius 3 is 2.65 bits per heavy atom. The first-order valence-electron chi connectivity index (χ1n) is 6.55. The van der Waals surface area contributed by atoms with Crippen molar-refractivity contribution in [1.29, 1.82) is 0 Å². The van der Waals surface area contributed by atoms with E-state index < -0.39 is 0 Å². The Morgan fingerprint density at radius 2 is 2.15 bits per heavy atom. The number of thiocarbonyl (C=S) groups is 1. The van der Waals surface area contributed by atoms with Crippen molar-refractivity contribution in [2.24, 2.45) is 5.73 Å². The molecule has 0 fully saturated rings. The molecule has 0 aromatic heterocycles. The van der Waals surface area contributed by atoms with Crippen molar-refractivity contribution in [2.45, 2.75) is 20.4 Å². The van der Waals surface area contributed by atoms with Gasteiger partial charge in [0.15, 0.2) is 0 Å². The summed E-state index contributed by atoms with van der Waals surface area (Å²) in [6, 6.07) is 4.68. The van der Waals surface area contributed by atoms with Gasteiger partial charge < -0.3 is 11.1 Å². The summed E-state index contributed by atoms with van der Waals surface area (Å²) in [7, 11) is 0. The minimum atomic E-state index is -0.357. The van der Waals surface area contributed by atoms with Crippen molar-refractivity contribution in [2.75, 3.05) is 19.6 Å². The van der Waals surface area contributed by atoms with Gasteiger partial charge in [0.25, 0.3) is 0 Å². The number of likely N-dealkylation sites (N-methyl/N-ethyl adjacent to an activating group) is 2. The van der Waals surface area contributed by atoms with Crippen LogP contribution in [0.1, 0.15) is 25.0 Å². The molecule has 0 bridgehead atoms. The number of carbonyl (C=O) groups is 1. The summed E-state index contributed by atoms with van der Waals surface area (Å²) in [6.07, 6.45) is 0. The number of nitrogens with zero attached hydrogens (tertiary/aromatic N) is 1.